The summed E-state index contributed by atoms with van der Waals surface area (Å²) in [6, 6.07) is 115. The maximum Gasteiger partial charge on any atom is 0.494 e. The molecule has 7 heterocycles. The number of rotatable bonds is 10. The van der Waals surface area contributed by atoms with Gasteiger partial charge in [-0.05, 0) is 132 Å². The van der Waals surface area contributed by atoms with Crippen LogP contribution in [0.25, 0.3) is 182 Å². The van der Waals surface area contributed by atoms with Crippen molar-refractivity contribution in [3.8, 4) is 101 Å². The van der Waals surface area contributed by atoms with E-state index in [9.17, 15) is 0 Å². The van der Waals surface area contributed by atoms with Crippen LogP contribution in [0.3, 0.4) is 0 Å². The fourth-order valence-electron chi connectivity index (χ4n) is 14.9. The Morgan fingerprint density at radius 2 is 0.527 bits per heavy atom. The van der Waals surface area contributed by atoms with E-state index in [1.807, 2.05) is 71.2 Å². The summed E-state index contributed by atoms with van der Waals surface area (Å²) in [6.45, 7) is 8.37. The Bertz CT molecular complexity index is 6920. The topological polar surface area (TPSA) is 95.8 Å². The van der Waals surface area contributed by atoms with Crippen molar-refractivity contribution < 1.29 is 9.31 Å². The SMILES string of the molecule is CC1(C)OB(c2cccc(-c3cccc4c3sc3ccccc34)c2)OC1(C)C.Clc1nc(-c2ccccc2-c2ccccc2)nc(-c2cccc3c2sc2ccccc23)n1.c1ccc(-c2ccccc2-c2nc(-c3cccc(-c4cccc5c4sc4ccccc45)c3)nc(-c3cccc4c3sc3ccccc34)n2)cc1. The Morgan fingerprint density at radius 1 is 0.245 bits per heavy atom. The van der Waals surface area contributed by atoms with Crippen LogP contribution >= 0.6 is 56.9 Å². The second-order valence-electron chi connectivity index (χ2n) is 28.3. The van der Waals surface area contributed by atoms with Gasteiger partial charge in [0.25, 0.3) is 0 Å². The lowest BCUT2D eigenvalue weighted by Gasteiger charge is -2.32. The quantitative estimate of drug-likeness (QED) is 0.125. The number of halogens is 1. The number of hydrogen-bond acceptors (Lipinski definition) is 12. The van der Waals surface area contributed by atoms with E-state index in [-0.39, 0.29) is 23.6 Å². The summed E-state index contributed by atoms with van der Waals surface area (Å²) in [7, 11) is -0.341. The molecule has 20 aromatic rings. The van der Waals surface area contributed by atoms with Gasteiger partial charge in [0.15, 0.2) is 29.1 Å². The molecule has 6 aromatic heterocycles. The molecule has 1 aliphatic heterocycles. The minimum absolute atomic E-state index is 0.186. The van der Waals surface area contributed by atoms with Gasteiger partial charge in [-0.1, -0.05) is 285 Å². The van der Waals surface area contributed by atoms with Gasteiger partial charge in [0, 0.05) is 109 Å². The molecule has 1 aliphatic rings. The van der Waals surface area contributed by atoms with Gasteiger partial charge >= 0.3 is 7.12 Å². The second-order valence-corrected chi connectivity index (χ2v) is 32.8. The Kier molecular flexibility index (Phi) is 17.9. The Morgan fingerprint density at radius 3 is 0.964 bits per heavy atom. The van der Waals surface area contributed by atoms with Crippen LogP contribution in [0, 0.1) is 0 Å². The second kappa shape index (κ2) is 28.7. The number of hydrogen-bond donors (Lipinski definition) is 0. The monoisotopic (exact) mass is 1510 g/mol. The van der Waals surface area contributed by atoms with E-state index in [1.54, 1.807) is 22.7 Å². The molecule has 0 aliphatic carbocycles. The molecule has 0 bridgehead atoms. The number of thiophene rings is 4. The van der Waals surface area contributed by atoms with Crippen LogP contribution in [0.4, 0.5) is 0 Å². The highest BCUT2D eigenvalue weighted by molar-refractivity contribution is 7.27. The van der Waals surface area contributed by atoms with Crippen LogP contribution in [0.2, 0.25) is 5.28 Å². The summed E-state index contributed by atoms with van der Waals surface area (Å²) < 4.78 is 22.6. The summed E-state index contributed by atoms with van der Waals surface area (Å²) in [4.78, 5) is 29.6. The first-order valence-electron chi connectivity index (χ1n) is 36.6. The van der Waals surface area contributed by atoms with Crippen LogP contribution < -0.4 is 5.46 Å². The third-order valence-corrected chi connectivity index (χ3v) is 26.1. The Balaban J connectivity index is 0.000000118. The fourth-order valence-corrected chi connectivity index (χ4v) is 19.9. The number of aromatic nitrogens is 6. The normalized spacial score (nSPS) is 13.2. The van der Waals surface area contributed by atoms with Crippen molar-refractivity contribution in [2.75, 3.05) is 0 Å². The zero-order valence-electron chi connectivity index (χ0n) is 60.3. The van der Waals surface area contributed by atoms with Crippen LogP contribution in [-0.4, -0.2) is 48.2 Å². The number of benzene rings is 14. The van der Waals surface area contributed by atoms with E-state index in [1.165, 1.54) is 92.7 Å². The third-order valence-electron chi connectivity index (χ3n) is 21.0. The van der Waals surface area contributed by atoms with Crippen molar-refractivity contribution in [3.63, 3.8) is 0 Å². The first-order chi connectivity index (χ1) is 53.9. The molecule has 0 spiro atoms. The van der Waals surface area contributed by atoms with Gasteiger partial charge in [-0.2, -0.15) is 9.97 Å². The maximum absolute atomic E-state index is 6.42. The molecule has 0 unspecified atom stereocenters. The molecule has 14 heteroatoms. The molecule has 1 saturated heterocycles. The molecular formula is C96H66BClN6O2S4. The highest BCUT2D eigenvalue weighted by Gasteiger charge is 2.51. The molecule has 0 atom stereocenters. The van der Waals surface area contributed by atoms with E-state index in [0.717, 1.165) is 65.8 Å². The van der Waals surface area contributed by atoms with Gasteiger partial charge in [0.2, 0.25) is 5.28 Å². The molecule has 21 rings (SSSR count). The predicted molar refractivity (Wildman–Crippen MR) is 467 cm³/mol. The average molecular weight is 1510 g/mol. The van der Waals surface area contributed by atoms with Crippen LogP contribution in [-0.2, 0) is 9.31 Å². The fraction of sp³-hybridized carbons (Fsp3) is 0.0625. The predicted octanol–water partition coefficient (Wildman–Crippen LogP) is 26.9. The van der Waals surface area contributed by atoms with E-state index < -0.39 is 0 Å². The van der Waals surface area contributed by atoms with Gasteiger partial charge in [-0.3, -0.25) is 0 Å². The van der Waals surface area contributed by atoms with Crippen molar-refractivity contribution >= 4 is 150 Å². The third kappa shape index (κ3) is 12.8. The molecule has 0 N–H and O–H groups in total. The molecule has 0 amide bonds. The van der Waals surface area contributed by atoms with Gasteiger partial charge in [-0.25, -0.2) is 19.9 Å². The lowest BCUT2D eigenvalue weighted by Crippen LogP contribution is -2.41. The molecule has 0 saturated carbocycles. The molecule has 110 heavy (non-hydrogen) atoms. The summed E-state index contributed by atoms with van der Waals surface area (Å²) in [5.41, 5.74) is 14.4. The van der Waals surface area contributed by atoms with E-state index >= 15 is 0 Å². The zero-order chi connectivity index (χ0) is 74.0. The first kappa shape index (κ1) is 68.8. The minimum atomic E-state index is -0.341. The van der Waals surface area contributed by atoms with Crippen molar-refractivity contribution in [1.29, 1.82) is 0 Å². The molecule has 526 valence electrons. The standard InChI is InChI=1S/C45H27N3S2.C27H16ClN3S.C24H23BO2S/c1-2-13-28(14-3-1)31-17-4-5-20-37(31)44-46-43(47-45(48-44)38-24-12-23-36-34-19-7-9-26-40(34)50-42(36)38)30-16-10-15-29(27-30)32-21-11-22-35-33-18-6-8-25-39(33)49-41(32)35;28-27-30-25(21-13-5-4-11-18(21)17-9-2-1-3-10-17)29-26(31-27)22-15-8-14-20-19-12-6-7-16-23(19)32-24(20)22;1-23(2)24(3,4)27-25(26-23)17-10-7-9-16(15-17)18-12-8-13-20-19-11-5-6-14-21(19)28-22(18)20/h1-27H;1-16H;5-15H,1-4H3. The minimum Gasteiger partial charge on any atom is -0.399 e. The van der Waals surface area contributed by atoms with Crippen LogP contribution in [0.1, 0.15) is 27.7 Å². The van der Waals surface area contributed by atoms with Gasteiger partial charge < -0.3 is 9.31 Å². The summed E-state index contributed by atoms with van der Waals surface area (Å²) in [5, 5.41) is 10.3. The molecule has 8 nitrogen and oxygen atoms in total. The van der Waals surface area contributed by atoms with Crippen molar-refractivity contribution in [2.24, 2.45) is 0 Å². The zero-order valence-corrected chi connectivity index (χ0v) is 64.3. The number of fused-ring (bicyclic) bond motifs is 12. The lowest BCUT2D eigenvalue weighted by atomic mass is 9.78. The number of nitrogens with zero attached hydrogens (tertiary/aromatic N) is 6. The Hall–Kier alpha value is -11.7. The lowest BCUT2D eigenvalue weighted by molar-refractivity contribution is 0.00578. The molecular weight excluding hydrogens is 1440 g/mol. The maximum atomic E-state index is 6.42. The Labute approximate surface area is 657 Å². The van der Waals surface area contributed by atoms with Crippen molar-refractivity contribution in [3.05, 3.63) is 333 Å². The van der Waals surface area contributed by atoms with E-state index in [4.69, 9.17) is 40.8 Å². The average Bonchev–Trinajstić information content (AvgIpc) is 1.56. The molecule has 0 radical (unpaired) electrons. The highest BCUT2D eigenvalue weighted by atomic mass is 35.5. The van der Waals surface area contributed by atoms with E-state index in [0.29, 0.717) is 29.1 Å². The molecule has 14 aromatic carbocycles. The summed E-state index contributed by atoms with van der Waals surface area (Å²) in [5.74, 6) is 3.12. The molecule has 1 fully saturated rings. The summed E-state index contributed by atoms with van der Waals surface area (Å²) in [6.07, 6.45) is 0. The smallest absolute Gasteiger partial charge is 0.399 e. The van der Waals surface area contributed by atoms with Crippen LogP contribution in [0.15, 0.2) is 328 Å². The van der Waals surface area contributed by atoms with Gasteiger partial charge in [-0.15, -0.1) is 45.3 Å². The van der Waals surface area contributed by atoms with Gasteiger partial charge in [0.1, 0.15) is 0 Å². The first-order valence-corrected chi connectivity index (χ1v) is 40.2. The highest BCUT2D eigenvalue weighted by Crippen LogP contribution is 2.46. The van der Waals surface area contributed by atoms with E-state index in [2.05, 4.69) is 317 Å². The van der Waals surface area contributed by atoms with Gasteiger partial charge in [0.05, 0.1) is 11.2 Å². The van der Waals surface area contributed by atoms with Crippen molar-refractivity contribution in [1.82, 2.24) is 29.9 Å². The van der Waals surface area contributed by atoms with Crippen LogP contribution in [0.5, 0.6) is 0 Å². The summed E-state index contributed by atoms with van der Waals surface area (Å²) >= 11 is 13.7. The van der Waals surface area contributed by atoms with Crippen molar-refractivity contribution in [2.45, 2.75) is 38.9 Å². The largest absolute Gasteiger partial charge is 0.494 e.